The fourth-order valence-corrected chi connectivity index (χ4v) is 4.41. The predicted molar refractivity (Wildman–Crippen MR) is 114 cm³/mol. The predicted octanol–water partition coefficient (Wildman–Crippen LogP) is 3.13. The van der Waals surface area contributed by atoms with Crippen LogP contribution >= 0.6 is 0 Å². The van der Waals surface area contributed by atoms with Crippen molar-refractivity contribution in [1.29, 1.82) is 0 Å². The molecule has 0 aliphatic heterocycles. The van der Waals surface area contributed by atoms with Crippen molar-refractivity contribution in [3.05, 3.63) is 54.1 Å². The number of methoxy groups -OCH3 is 2. The number of carbonyl (C=O) groups excluding carboxylic acids is 1. The summed E-state index contributed by atoms with van der Waals surface area (Å²) < 4.78 is 36.8. The summed E-state index contributed by atoms with van der Waals surface area (Å²) >= 11 is 0. The Morgan fingerprint density at radius 3 is 2.28 bits per heavy atom. The number of ether oxygens (including phenoxy) is 2. The van der Waals surface area contributed by atoms with Gasteiger partial charge in [-0.25, -0.2) is 8.42 Å². The number of para-hydroxylation sites is 1. The lowest BCUT2D eigenvalue weighted by Crippen LogP contribution is -2.49. The molecule has 1 amide bonds. The highest BCUT2D eigenvalue weighted by Gasteiger charge is 2.32. The van der Waals surface area contributed by atoms with Gasteiger partial charge in [0.25, 0.3) is 0 Å². The van der Waals surface area contributed by atoms with Gasteiger partial charge in [-0.3, -0.25) is 9.10 Å². The molecule has 8 heteroatoms. The number of rotatable bonds is 9. The van der Waals surface area contributed by atoms with Crippen LogP contribution in [0, 0.1) is 0 Å². The molecule has 29 heavy (non-hydrogen) atoms. The van der Waals surface area contributed by atoms with E-state index in [1.165, 1.54) is 0 Å². The molecule has 0 aliphatic carbocycles. The van der Waals surface area contributed by atoms with E-state index in [0.29, 0.717) is 23.6 Å². The summed E-state index contributed by atoms with van der Waals surface area (Å²) in [7, 11) is -0.558. The Bertz CT molecular complexity index is 931. The summed E-state index contributed by atoms with van der Waals surface area (Å²) in [6.07, 6.45) is 1.42. The Hall–Kier alpha value is -2.74. The molecule has 0 unspecified atom stereocenters. The van der Waals surface area contributed by atoms with Crippen molar-refractivity contribution in [3.8, 4) is 11.5 Å². The number of hydrogen-bond acceptors (Lipinski definition) is 5. The zero-order chi connectivity index (χ0) is 21.6. The van der Waals surface area contributed by atoms with Crippen molar-refractivity contribution < 1.29 is 22.7 Å². The van der Waals surface area contributed by atoms with Gasteiger partial charge in [0.05, 0.1) is 32.2 Å². The van der Waals surface area contributed by atoms with Crippen molar-refractivity contribution in [2.45, 2.75) is 32.4 Å². The number of sulfonamides is 1. The molecule has 2 rings (SSSR count). The van der Waals surface area contributed by atoms with Crippen LogP contribution in [0.5, 0.6) is 11.5 Å². The second kappa shape index (κ2) is 9.65. The largest absolute Gasteiger partial charge is 0.497 e. The molecule has 7 nitrogen and oxygen atoms in total. The van der Waals surface area contributed by atoms with Crippen LogP contribution in [0.3, 0.4) is 0 Å². The molecule has 0 fully saturated rings. The summed E-state index contributed by atoms with van der Waals surface area (Å²) in [5.41, 5.74) is 1.18. The van der Waals surface area contributed by atoms with Gasteiger partial charge in [-0.2, -0.15) is 0 Å². The summed E-state index contributed by atoms with van der Waals surface area (Å²) in [4.78, 5) is 13.1. The van der Waals surface area contributed by atoms with Crippen LogP contribution in [-0.4, -0.2) is 40.8 Å². The topological polar surface area (TPSA) is 84.9 Å². The lowest BCUT2D eigenvalue weighted by atomic mass is 10.1. The van der Waals surface area contributed by atoms with Gasteiger partial charge < -0.3 is 14.8 Å². The third-order valence-electron chi connectivity index (χ3n) is 4.60. The minimum Gasteiger partial charge on any atom is -0.497 e. The highest BCUT2D eigenvalue weighted by Crippen LogP contribution is 2.30. The molecule has 0 heterocycles. The molecule has 0 aliphatic rings. The van der Waals surface area contributed by atoms with E-state index in [2.05, 4.69) is 5.32 Å². The van der Waals surface area contributed by atoms with Crippen molar-refractivity contribution in [1.82, 2.24) is 5.32 Å². The molecule has 2 atom stereocenters. The van der Waals surface area contributed by atoms with Crippen molar-refractivity contribution in [3.63, 3.8) is 0 Å². The van der Waals surface area contributed by atoms with Crippen LogP contribution in [0.25, 0.3) is 0 Å². The van der Waals surface area contributed by atoms with Crippen LogP contribution in [0.2, 0.25) is 0 Å². The Labute approximate surface area is 172 Å². The van der Waals surface area contributed by atoms with Gasteiger partial charge in [-0.15, -0.1) is 0 Å². The van der Waals surface area contributed by atoms with Crippen LogP contribution in [-0.2, 0) is 14.8 Å². The van der Waals surface area contributed by atoms with Gasteiger partial charge in [0.15, 0.2) is 0 Å². The number of benzene rings is 2. The van der Waals surface area contributed by atoms with Gasteiger partial charge >= 0.3 is 0 Å². The first-order valence-electron chi connectivity index (χ1n) is 9.29. The Morgan fingerprint density at radius 2 is 1.76 bits per heavy atom. The second-order valence-corrected chi connectivity index (χ2v) is 8.52. The molecule has 158 valence electrons. The quantitative estimate of drug-likeness (QED) is 0.674. The summed E-state index contributed by atoms with van der Waals surface area (Å²) in [6.45, 7) is 3.59. The van der Waals surface area contributed by atoms with Gasteiger partial charge in [0.1, 0.15) is 17.5 Å². The minimum absolute atomic E-state index is 0.315. The highest BCUT2D eigenvalue weighted by molar-refractivity contribution is 7.92. The zero-order valence-corrected chi connectivity index (χ0v) is 18.2. The first-order valence-corrected chi connectivity index (χ1v) is 11.1. The molecular weight excluding hydrogens is 392 g/mol. The van der Waals surface area contributed by atoms with Crippen molar-refractivity contribution >= 4 is 21.6 Å². The highest BCUT2D eigenvalue weighted by atomic mass is 32.2. The third-order valence-corrected chi connectivity index (χ3v) is 5.78. The smallest absolute Gasteiger partial charge is 0.244 e. The van der Waals surface area contributed by atoms with E-state index in [1.54, 1.807) is 69.7 Å². The molecule has 0 saturated carbocycles. The first-order chi connectivity index (χ1) is 13.7. The molecular formula is C21H28N2O5S. The standard InChI is InChI=1S/C21H28N2O5S/c1-6-19(23(29(5,25)26)16-10-8-7-9-11-16)21(24)22-15(2)18-14-17(27-3)12-13-20(18)28-4/h7-15,19H,6H2,1-5H3,(H,22,24)/t15-,19-/m0/s1. The number of nitrogens with one attached hydrogen (secondary N) is 1. The fourth-order valence-electron chi connectivity index (χ4n) is 3.20. The second-order valence-electron chi connectivity index (χ2n) is 6.66. The molecule has 2 aromatic carbocycles. The lowest BCUT2D eigenvalue weighted by molar-refractivity contribution is -0.122. The average Bonchev–Trinajstić information content (AvgIpc) is 2.70. The van der Waals surface area contributed by atoms with Crippen LogP contribution in [0.15, 0.2) is 48.5 Å². The summed E-state index contributed by atoms with van der Waals surface area (Å²) in [5.74, 6) is 0.852. The third kappa shape index (κ3) is 5.41. The van der Waals surface area contributed by atoms with E-state index in [9.17, 15) is 13.2 Å². The summed E-state index contributed by atoms with van der Waals surface area (Å²) in [5, 5.41) is 2.91. The maximum atomic E-state index is 13.1. The molecule has 0 bridgehead atoms. The van der Waals surface area contributed by atoms with Gasteiger partial charge in [0.2, 0.25) is 15.9 Å². The van der Waals surface area contributed by atoms with E-state index in [-0.39, 0.29) is 5.91 Å². The van der Waals surface area contributed by atoms with Gasteiger partial charge in [-0.05, 0) is 43.7 Å². The molecule has 0 aromatic heterocycles. The van der Waals surface area contributed by atoms with E-state index in [1.807, 2.05) is 6.92 Å². The summed E-state index contributed by atoms with van der Waals surface area (Å²) in [6, 6.07) is 12.6. The number of amides is 1. The van der Waals surface area contributed by atoms with Crippen LogP contribution < -0.4 is 19.1 Å². The number of nitrogens with zero attached hydrogens (tertiary/aromatic N) is 1. The lowest BCUT2D eigenvalue weighted by Gasteiger charge is -2.31. The zero-order valence-electron chi connectivity index (χ0n) is 17.4. The van der Waals surface area contributed by atoms with Crippen molar-refractivity contribution in [2.24, 2.45) is 0 Å². The maximum absolute atomic E-state index is 13.1. The molecule has 0 saturated heterocycles. The Balaban J connectivity index is 2.34. The number of carbonyl (C=O) groups is 1. The van der Waals surface area contributed by atoms with E-state index >= 15 is 0 Å². The Morgan fingerprint density at radius 1 is 1.10 bits per heavy atom. The average molecular weight is 421 g/mol. The van der Waals surface area contributed by atoms with Crippen LogP contribution in [0.1, 0.15) is 31.9 Å². The molecule has 1 N–H and O–H groups in total. The minimum atomic E-state index is -3.67. The normalized spacial score (nSPS) is 13.3. The number of anilines is 1. The maximum Gasteiger partial charge on any atom is 0.244 e. The SMILES string of the molecule is CC[C@@H](C(=O)N[C@@H](C)c1cc(OC)ccc1OC)N(c1ccccc1)S(C)(=O)=O. The molecule has 2 aromatic rings. The fraction of sp³-hybridized carbons (Fsp3) is 0.381. The van der Waals surface area contributed by atoms with E-state index < -0.39 is 22.1 Å². The van der Waals surface area contributed by atoms with Crippen molar-refractivity contribution in [2.75, 3.05) is 24.8 Å². The van der Waals surface area contributed by atoms with Gasteiger partial charge in [-0.1, -0.05) is 25.1 Å². The molecule has 0 radical (unpaired) electrons. The molecule has 0 spiro atoms. The number of hydrogen-bond donors (Lipinski definition) is 1. The van der Waals surface area contributed by atoms with Gasteiger partial charge in [0, 0.05) is 5.56 Å². The first kappa shape index (κ1) is 22.5. The van der Waals surface area contributed by atoms with Crippen LogP contribution in [0.4, 0.5) is 5.69 Å². The van der Waals surface area contributed by atoms with E-state index in [0.717, 1.165) is 16.1 Å². The van der Waals surface area contributed by atoms with E-state index in [4.69, 9.17) is 9.47 Å². The Kier molecular flexibility index (Phi) is 7.50. The monoisotopic (exact) mass is 420 g/mol.